The lowest BCUT2D eigenvalue weighted by Gasteiger charge is -2.11. The van der Waals surface area contributed by atoms with Gasteiger partial charge in [-0.2, -0.15) is 13.2 Å². The molecule has 0 aromatic heterocycles. The fourth-order valence-corrected chi connectivity index (χ4v) is 1.75. The summed E-state index contributed by atoms with van der Waals surface area (Å²) < 4.78 is 54.5. The van der Waals surface area contributed by atoms with Crippen molar-refractivity contribution in [2.45, 2.75) is 10.4 Å². The normalized spacial score (nSPS) is 15.6. The number of halogens is 3. The Morgan fingerprint density at radius 2 is 1.62 bits per heavy atom. The molecule has 3 N–H and O–H groups in total. The van der Waals surface area contributed by atoms with Gasteiger partial charge in [0.25, 0.3) is 0 Å². The lowest BCUT2D eigenvalue weighted by Crippen LogP contribution is -2.30. The van der Waals surface area contributed by atoms with Crippen LogP contribution >= 0.6 is 0 Å². The van der Waals surface area contributed by atoms with Crippen LogP contribution < -0.4 is 5.46 Å². The third kappa shape index (κ3) is 2.37. The van der Waals surface area contributed by atoms with Gasteiger partial charge in [0.15, 0.2) is 9.73 Å². The minimum Gasteiger partial charge on any atom is -0.423 e. The van der Waals surface area contributed by atoms with Gasteiger partial charge in [-0.1, -0.05) is 12.1 Å². The Bertz CT molecular complexity index is 469. The third-order valence-corrected chi connectivity index (χ3v) is 3.42. The largest absolute Gasteiger partial charge is 0.488 e. The average molecular weight is 253 g/mol. The zero-order valence-electron chi connectivity index (χ0n) is 7.73. The Morgan fingerprint density at radius 1 is 1.19 bits per heavy atom. The molecule has 0 aliphatic carbocycles. The van der Waals surface area contributed by atoms with Crippen LogP contribution in [0.2, 0.25) is 0 Å². The Labute approximate surface area is 89.8 Å². The molecule has 1 rings (SSSR count). The Balaban J connectivity index is 3.18. The van der Waals surface area contributed by atoms with Gasteiger partial charge in [0.05, 0.1) is 4.90 Å². The van der Waals surface area contributed by atoms with Crippen molar-refractivity contribution in [1.29, 1.82) is 4.78 Å². The highest BCUT2D eigenvalue weighted by atomic mass is 32.2. The summed E-state index contributed by atoms with van der Waals surface area (Å²) in [6, 6.07) is 3.52. The van der Waals surface area contributed by atoms with Crippen LogP contribution in [-0.4, -0.2) is 26.9 Å². The van der Waals surface area contributed by atoms with E-state index in [1.54, 1.807) is 0 Å². The second kappa shape index (κ2) is 4.08. The van der Waals surface area contributed by atoms with Gasteiger partial charge in [0.1, 0.15) is 0 Å². The lowest BCUT2D eigenvalue weighted by molar-refractivity contribution is -0.0406. The topological polar surface area (TPSA) is 81.4 Å². The van der Waals surface area contributed by atoms with E-state index in [-0.39, 0.29) is 5.46 Å². The second-order valence-electron chi connectivity index (χ2n) is 2.94. The summed E-state index contributed by atoms with van der Waals surface area (Å²) in [5.74, 6) is 0. The van der Waals surface area contributed by atoms with Gasteiger partial charge in [0.2, 0.25) is 0 Å². The SMILES string of the molecule is N=S(=O)(c1ccc(B(O)O)cc1)C(F)(F)F. The molecule has 1 atom stereocenters. The van der Waals surface area contributed by atoms with Gasteiger partial charge in [0, 0.05) is 0 Å². The van der Waals surface area contributed by atoms with E-state index in [1.807, 2.05) is 0 Å². The maximum absolute atomic E-state index is 12.2. The molecule has 0 aliphatic heterocycles. The molecule has 4 nitrogen and oxygen atoms in total. The summed E-state index contributed by atoms with van der Waals surface area (Å²) in [4.78, 5) is -0.718. The first-order chi connectivity index (χ1) is 7.16. The van der Waals surface area contributed by atoms with Gasteiger partial charge >= 0.3 is 12.6 Å². The molecule has 0 amide bonds. The molecule has 0 heterocycles. The maximum Gasteiger partial charge on any atom is 0.488 e. The first-order valence-corrected chi connectivity index (χ1v) is 5.53. The second-order valence-corrected chi connectivity index (χ2v) is 4.99. The number of nitrogens with one attached hydrogen (secondary N) is 1. The summed E-state index contributed by atoms with van der Waals surface area (Å²) >= 11 is 0. The monoisotopic (exact) mass is 253 g/mol. The molecule has 1 aromatic rings. The van der Waals surface area contributed by atoms with Crippen molar-refractivity contribution in [2.75, 3.05) is 0 Å². The molecule has 0 bridgehead atoms. The van der Waals surface area contributed by atoms with Crippen molar-refractivity contribution in [3.8, 4) is 0 Å². The van der Waals surface area contributed by atoms with E-state index >= 15 is 0 Å². The highest BCUT2D eigenvalue weighted by Crippen LogP contribution is 2.30. The van der Waals surface area contributed by atoms with Crippen molar-refractivity contribution >= 4 is 22.3 Å². The third-order valence-electron chi connectivity index (χ3n) is 1.84. The van der Waals surface area contributed by atoms with E-state index in [2.05, 4.69) is 0 Å². The minimum atomic E-state index is -5.15. The summed E-state index contributed by atoms with van der Waals surface area (Å²) in [6.45, 7) is 0. The Hall–Kier alpha value is -1.06. The summed E-state index contributed by atoms with van der Waals surface area (Å²) in [5, 5.41) is 17.4. The maximum atomic E-state index is 12.2. The van der Waals surface area contributed by atoms with Crippen LogP contribution in [0.4, 0.5) is 13.2 Å². The molecule has 0 radical (unpaired) electrons. The predicted molar refractivity (Wildman–Crippen MR) is 51.5 cm³/mol. The predicted octanol–water partition coefficient (Wildman–Crippen LogP) is 0.292. The zero-order valence-corrected chi connectivity index (χ0v) is 8.55. The summed E-state index contributed by atoms with van der Waals surface area (Å²) in [7, 11) is -6.70. The Kier molecular flexibility index (Phi) is 3.31. The van der Waals surface area contributed by atoms with E-state index in [0.717, 1.165) is 24.3 Å². The lowest BCUT2D eigenvalue weighted by atomic mass is 9.81. The van der Waals surface area contributed by atoms with Gasteiger partial charge in [-0.25, -0.2) is 8.99 Å². The molecule has 1 unspecified atom stereocenters. The fraction of sp³-hybridized carbons (Fsp3) is 0.143. The summed E-state index contributed by atoms with van der Waals surface area (Å²) in [5.41, 5.74) is -5.19. The highest BCUT2D eigenvalue weighted by molar-refractivity contribution is 7.93. The molecule has 0 saturated carbocycles. The van der Waals surface area contributed by atoms with Gasteiger partial charge < -0.3 is 10.0 Å². The first kappa shape index (κ1) is 13.0. The molecule has 0 aliphatic rings. The van der Waals surface area contributed by atoms with Crippen LogP contribution in [0, 0.1) is 4.78 Å². The number of hydrogen-bond acceptors (Lipinski definition) is 4. The molecule has 0 saturated heterocycles. The van der Waals surface area contributed by atoms with Crippen LogP contribution in [0.15, 0.2) is 29.2 Å². The van der Waals surface area contributed by atoms with E-state index in [4.69, 9.17) is 14.8 Å². The molecule has 88 valence electrons. The summed E-state index contributed by atoms with van der Waals surface area (Å²) in [6.07, 6.45) is 0. The van der Waals surface area contributed by atoms with Crippen molar-refractivity contribution < 1.29 is 27.4 Å². The fourth-order valence-electron chi connectivity index (χ4n) is 0.965. The van der Waals surface area contributed by atoms with Crippen LogP contribution in [0.5, 0.6) is 0 Å². The van der Waals surface area contributed by atoms with Crippen molar-refractivity contribution in [3.05, 3.63) is 24.3 Å². The van der Waals surface area contributed by atoms with Crippen LogP contribution in [0.3, 0.4) is 0 Å². The van der Waals surface area contributed by atoms with Gasteiger partial charge in [-0.15, -0.1) is 0 Å². The van der Waals surface area contributed by atoms with Gasteiger partial charge in [-0.05, 0) is 17.6 Å². The average Bonchev–Trinajstić information content (AvgIpc) is 2.16. The molecule has 0 fully saturated rings. The smallest absolute Gasteiger partial charge is 0.423 e. The standard InChI is InChI=1S/C7H7BF3NO3S/c9-7(10,11)16(12,15)6-3-1-5(2-4-6)8(13)14/h1-4,12-14H. The van der Waals surface area contributed by atoms with Crippen LogP contribution in [-0.2, 0) is 9.73 Å². The minimum absolute atomic E-state index is 0.0406. The number of benzene rings is 1. The number of hydrogen-bond donors (Lipinski definition) is 3. The number of rotatable bonds is 2. The molecule has 0 spiro atoms. The molecular formula is C7H7BF3NO3S. The van der Waals surface area contributed by atoms with Gasteiger partial charge in [-0.3, -0.25) is 0 Å². The van der Waals surface area contributed by atoms with Crippen molar-refractivity contribution in [2.24, 2.45) is 0 Å². The van der Waals surface area contributed by atoms with E-state index in [1.165, 1.54) is 0 Å². The molecule has 9 heteroatoms. The van der Waals surface area contributed by atoms with E-state index < -0.39 is 27.3 Å². The number of alkyl halides is 3. The first-order valence-electron chi connectivity index (χ1n) is 3.97. The van der Waals surface area contributed by atoms with E-state index in [0.29, 0.717) is 0 Å². The zero-order chi connectivity index (χ0) is 12.6. The molecule has 16 heavy (non-hydrogen) atoms. The molecular weight excluding hydrogens is 246 g/mol. The quantitative estimate of drug-likeness (QED) is 0.662. The van der Waals surface area contributed by atoms with Crippen molar-refractivity contribution in [3.63, 3.8) is 0 Å². The van der Waals surface area contributed by atoms with Crippen LogP contribution in [0.1, 0.15) is 0 Å². The Morgan fingerprint density at radius 3 is 1.94 bits per heavy atom. The van der Waals surface area contributed by atoms with E-state index in [9.17, 15) is 17.4 Å². The van der Waals surface area contributed by atoms with Crippen LogP contribution in [0.25, 0.3) is 0 Å². The highest BCUT2D eigenvalue weighted by Gasteiger charge is 2.43. The molecule has 1 aromatic carbocycles. The van der Waals surface area contributed by atoms with Crippen molar-refractivity contribution in [1.82, 2.24) is 0 Å².